The van der Waals surface area contributed by atoms with Gasteiger partial charge in [-0.25, -0.2) is 16.8 Å². The number of hydrogen-bond acceptors (Lipinski definition) is 5. The van der Waals surface area contributed by atoms with Gasteiger partial charge in [-0.1, -0.05) is 18.2 Å². The summed E-state index contributed by atoms with van der Waals surface area (Å²) in [4.78, 5) is 12.0. The van der Waals surface area contributed by atoms with Crippen LogP contribution in [-0.2, 0) is 21.4 Å². The Morgan fingerprint density at radius 3 is 2.58 bits per heavy atom. The van der Waals surface area contributed by atoms with Gasteiger partial charge < -0.3 is 16.0 Å². The highest BCUT2D eigenvalue weighted by molar-refractivity contribution is 7.90. The van der Waals surface area contributed by atoms with Gasteiger partial charge in [-0.05, 0) is 61.9 Å². The molecule has 1 heterocycles. The molecular formula is C23H26ClFN4O3S. The van der Waals surface area contributed by atoms with Gasteiger partial charge in [-0.2, -0.15) is 0 Å². The van der Waals surface area contributed by atoms with Crippen LogP contribution in [-0.4, -0.2) is 37.9 Å². The highest BCUT2D eigenvalue weighted by Gasteiger charge is 2.24. The molecule has 2 aromatic carbocycles. The van der Waals surface area contributed by atoms with Crippen LogP contribution in [0, 0.1) is 5.82 Å². The lowest BCUT2D eigenvalue weighted by atomic mass is 10.1. The lowest BCUT2D eigenvalue weighted by Crippen LogP contribution is -2.31. The van der Waals surface area contributed by atoms with E-state index in [1.165, 1.54) is 24.4 Å². The minimum absolute atomic E-state index is 0. The number of benzene rings is 2. The summed E-state index contributed by atoms with van der Waals surface area (Å²) >= 11 is 0. The average Bonchev–Trinajstić information content (AvgIpc) is 3.49. The van der Waals surface area contributed by atoms with Gasteiger partial charge in [0.15, 0.2) is 0 Å². The number of carbonyl (C=O) groups is 1. The van der Waals surface area contributed by atoms with Gasteiger partial charge in [0, 0.05) is 30.0 Å². The van der Waals surface area contributed by atoms with Crippen molar-refractivity contribution in [3.8, 4) is 11.3 Å². The maximum atomic E-state index is 14.5. The maximum absolute atomic E-state index is 14.5. The van der Waals surface area contributed by atoms with Crippen LogP contribution in [0.5, 0.6) is 0 Å². The molecule has 0 atom stereocenters. The largest absolute Gasteiger partial charge is 0.376 e. The number of nitrogens with one attached hydrogen (secondary N) is 3. The monoisotopic (exact) mass is 492 g/mol. The molecule has 176 valence electrons. The molecule has 4 rings (SSSR count). The van der Waals surface area contributed by atoms with Crippen LogP contribution in [0.2, 0.25) is 0 Å². The zero-order chi connectivity index (χ0) is 22.7. The molecule has 0 aliphatic heterocycles. The van der Waals surface area contributed by atoms with Gasteiger partial charge in [-0.15, -0.1) is 12.4 Å². The Labute approximate surface area is 198 Å². The van der Waals surface area contributed by atoms with Crippen molar-refractivity contribution >= 4 is 34.0 Å². The molecule has 1 aliphatic rings. The fourth-order valence-electron chi connectivity index (χ4n) is 3.43. The highest BCUT2D eigenvalue weighted by atomic mass is 35.5. The third kappa shape index (κ3) is 5.73. The van der Waals surface area contributed by atoms with Crippen molar-refractivity contribution in [2.45, 2.75) is 30.3 Å². The molecule has 1 amide bonds. The predicted octanol–water partition coefficient (Wildman–Crippen LogP) is 3.36. The molecule has 1 fully saturated rings. The average molecular weight is 493 g/mol. The van der Waals surface area contributed by atoms with Crippen molar-refractivity contribution in [1.82, 2.24) is 14.6 Å². The lowest BCUT2D eigenvalue weighted by Gasteiger charge is -2.13. The first-order chi connectivity index (χ1) is 15.4. The van der Waals surface area contributed by atoms with E-state index in [-0.39, 0.29) is 47.1 Å². The SMILES string of the molecule is CNCc1cc(-c2ccccc2F)n(S(=O)(=O)c2cccc(NCC(=O)NC3CC3)c2)c1.Cl. The van der Waals surface area contributed by atoms with E-state index in [1.807, 2.05) is 0 Å². The minimum atomic E-state index is -4.02. The van der Waals surface area contributed by atoms with E-state index >= 15 is 0 Å². The third-order valence-electron chi connectivity index (χ3n) is 5.16. The van der Waals surface area contributed by atoms with Gasteiger partial charge in [0.05, 0.1) is 17.1 Å². The van der Waals surface area contributed by atoms with Crippen molar-refractivity contribution in [3.63, 3.8) is 0 Å². The molecule has 0 unspecified atom stereocenters. The molecule has 0 saturated heterocycles. The van der Waals surface area contributed by atoms with Crippen LogP contribution in [0.3, 0.4) is 0 Å². The van der Waals surface area contributed by atoms with Gasteiger partial charge in [-0.3, -0.25) is 4.79 Å². The van der Waals surface area contributed by atoms with E-state index in [4.69, 9.17) is 0 Å². The Morgan fingerprint density at radius 1 is 1.12 bits per heavy atom. The van der Waals surface area contributed by atoms with E-state index in [0.717, 1.165) is 16.8 Å². The van der Waals surface area contributed by atoms with E-state index in [1.54, 1.807) is 43.4 Å². The highest BCUT2D eigenvalue weighted by Crippen LogP contribution is 2.29. The summed E-state index contributed by atoms with van der Waals surface area (Å²) in [5.41, 5.74) is 1.66. The number of nitrogens with zero attached hydrogens (tertiary/aromatic N) is 1. The molecule has 10 heteroatoms. The number of anilines is 1. The summed E-state index contributed by atoms with van der Waals surface area (Å²) in [6.45, 7) is 0.484. The Kier molecular flexibility index (Phi) is 7.78. The molecule has 0 radical (unpaired) electrons. The minimum Gasteiger partial charge on any atom is -0.376 e. The molecule has 1 saturated carbocycles. The zero-order valence-corrected chi connectivity index (χ0v) is 19.7. The number of amides is 1. The number of hydrogen-bond donors (Lipinski definition) is 3. The van der Waals surface area contributed by atoms with Crippen LogP contribution in [0.1, 0.15) is 18.4 Å². The Bertz CT molecular complexity index is 1240. The number of carbonyl (C=O) groups excluding carboxylic acids is 1. The van der Waals surface area contributed by atoms with Crippen molar-refractivity contribution < 1.29 is 17.6 Å². The summed E-state index contributed by atoms with van der Waals surface area (Å²) < 4.78 is 42.6. The maximum Gasteiger partial charge on any atom is 0.268 e. The summed E-state index contributed by atoms with van der Waals surface area (Å²) in [5, 5.41) is 8.83. The first-order valence-corrected chi connectivity index (χ1v) is 11.8. The van der Waals surface area contributed by atoms with Crippen LogP contribution >= 0.6 is 12.4 Å². The molecule has 1 aliphatic carbocycles. The molecule has 0 spiro atoms. The Hall–Kier alpha value is -2.88. The van der Waals surface area contributed by atoms with Crippen LogP contribution in [0.25, 0.3) is 11.3 Å². The van der Waals surface area contributed by atoms with Crippen molar-refractivity contribution in [3.05, 3.63) is 72.2 Å². The molecule has 7 nitrogen and oxygen atoms in total. The molecule has 1 aromatic heterocycles. The number of halogens is 2. The number of rotatable bonds is 9. The fourth-order valence-corrected chi connectivity index (χ4v) is 4.87. The standard InChI is InChI=1S/C23H25FN4O3S.ClH/c1-25-13-16-11-22(20-7-2-3-8-21(20)24)28(15-16)32(30,31)19-6-4-5-18(12-19)26-14-23(29)27-17-9-10-17;/h2-8,11-12,15,17,25-26H,9-10,13-14H2,1H3,(H,27,29);1H. The summed E-state index contributed by atoms with van der Waals surface area (Å²) in [5.74, 6) is -0.639. The van der Waals surface area contributed by atoms with Gasteiger partial charge in [0.1, 0.15) is 5.82 Å². The van der Waals surface area contributed by atoms with Crippen LogP contribution in [0.15, 0.2) is 65.7 Å². The van der Waals surface area contributed by atoms with Gasteiger partial charge in [0.2, 0.25) is 5.91 Å². The number of aromatic nitrogens is 1. The van der Waals surface area contributed by atoms with Crippen molar-refractivity contribution in [2.75, 3.05) is 18.9 Å². The first-order valence-electron chi connectivity index (χ1n) is 10.4. The predicted molar refractivity (Wildman–Crippen MR) is 129 cm³/mol. The molecule has 0 bridgehead atoms. The quantitative estimate of drug-likeness (QED) is 0.426. The Morgan fingerprint density at radius 2 is 1.88 bits per heavy atom. The Balaban J connectivity index is 0.00000306. The van der Waals surface area contributed by atoms with Crippen molar-refractivity contribution in [1.29, 1.82) is 0 Å². The van der Waals surface area contributed by atoms with Crippen LogP contribution in [0.4, 0.5) is 10.1 Å². The van der Waals surface area contributed by atoms with Crippen LogP contribution < -0.4 is 16.0 Å². The molecule has 3 N–H and O–H groups in total. The van der Waals surface area contributed by atoms with E-state index < -0.39 is 15.8 Å². The molecular weight excluding hydrogens is 467 g/mol. The topological polar surface area (TPSA) is 92.2 Å². The van der Waals surface area contributed by atoms with E-state index in [9.17, 15) is 17.6 Å². The van der Waals surface area contributed by atoms with E-state index in [0.29, 0.717) is 17.8 Å². The second-order valence-corrected chi connectivity index (χ2v) is 9.58. The second-order valence-electron chi connectivity index (χ2n) is 7.77. The molecule has 33 heavy (non-hydrogen) atoms. The smallest absolute Gasteiger partial charge is 0.268 e. The second kappa shape index (κ2) is 10.4. The van der Waals surface area contributed by atoms with Gasteiger partial charge >= 0.3 is 0 Å². The molecule has 3 aromatic rings. The van der Waals surface area contributed by atoms with Crippen molar-refractivity contribution in [2.24, 2.45) is 0 Å². The van der Waals surface area contributed by atoms with Gasteiger partial charge in [0.25, 0.3) is 10.0 Å². The zero-order valence-electron chi connectivity index (χ0n) is 18.0. The van der Waals surface area contributed by atoms with E-state index in [2.05, 4.69) is 16.0 Å². The third-order valence-corrected chi connectivity index (χ3v) is 6.83. The first kappa shape index (κ1) is 24.8. The summed E-state index contributed by atoms with van der Waals surface area (Å²) in [7, 11) is -2.27. The summed E-state index contributed by atoms with van der Waals surface area (Å²) in [6.07, 6.45) is 3.49. The fraction of sp³-hybridized carbons (Fsp3) is 0.261. The normalized spacial score (nSPS) is 13.3. The summed E-state index contributed by atoms with van der Waals surface area (Å²) in [6, 6.07) is 14.3. The lowest BCUT2D eigenvalue weighted by molar-refractivity contribution is -0.119.